The summed E-state index contributed by atoms with van der Waals surface area (Å²) in [6.45, 7) is 0. The molecule has 10 aromatic rings. The lowest BCUT2D eigenvalue weighted by atomic mass is 9.80. The van der Waals surface area contributed by atoms with Crippen molar-refractivity contribution in [3.8, 4) is 55.6 Å². The van der Waals surface area contributed by atoms with Gasteiger partial charge in [-0.2, -0.15) is 0 Å². The number of fused-ring (bicyclic) bond motifs is 4. The van der Waals surface area contributed by atoms with Crippen LogP contribution < -0.4 is 0 Å². The van der Waals surface area contributed by atoms with Gasteiger partial charge in [-0.1, -0.05) is 200 Å². The molecule has 52 heavy (non-hydrogen) atoms. The molecule has 0 saturated heterocycles. The summed E-state index contributed by atoms with van der Waals surface area (Å²) in [5.74, 6) is 0. The molecule has 0 atom stereocenters. The van der Waals surface area contributed by atoms with E-state index in [1.54, 1.807) is 0 Å². The SMILES string of the molecule is c1ccc(-c2ccccc2-c2c3ccccc3c(-c3c4ccccc4cc4cccc(-c5ccccc5-c5ccccc5)c34)c3ccccc23)cc1. The van der Waals surface area contributed by atoms with E-state index in [0.717, 1.165) is 0 Å². The number of hydrogen-bond acceptors (Lipinski definition) is 0. The molecule has 0 amide bonds. The van der Waals surface area contributed by atoms with Crippen LogP contribution in [-0.2, 0) is 0 Å². The fourth-order valence-corrected chi connectivity index (χ4v) is 8.45. The second kappa shape index (κ2) is 12.5. The average Bonchev–Trinajstić information content (AvgIpc) is 3.22. The maximum atomic E-state index is 2.37. The van der Waals surface area contributed by atoms with Crippen LogP contribution in [0.1, 0.15) is 0 Å². The van der Waals surface area contributed by atoms with E-state index in [4.69, 9.17) is 0 Å². The zero-order valence-electron chi connectivity index (χ0n) is 28.6. The minimum atomic E-state index is 1.22. The molecule has 0 spiro atoms. The van der Waals surface area contributed by atoms with Crippen LogP contribution in [0.15, 0.2) is 206 Å². The van der Waals surface area contributed by atoms with Gasteiger partial charge in [-0.05, 0) is 105 Å². The second-order valence-electron chi connectivity index (χ2n) is 13.5. The normalized spacial score (nSPS) is 11.5. The molecule has 0 bridgehead atoms. The molecule has 0 unspecified atom stereocenters. The maximum absolute atomic E-state index is 2.37. The molecule has 0 heterocycles. The van der Waals surface area contributed by atoms with E-state index < -0.39 is 0 Å². The summed E-state index contributed by atoms with van der Waals surface area (Å²) in [6, 6.07) is 75.5. The molecular formula is C52H34. The quantitative estimate of drug-likeness (QED) is 0.161. The van der Waals surface area contributed by atoms with Crippen molar-refractivity contribution in [2.45, 2.75) is 0 Å². The fourth-order valence-electron chi connectivity index (χ4n) is 8.45. The van der Waals surface area contributed by atoms with Crippen molar-refractivity contribution in [1.29, 1.82) is 0 Å². The lowest BCUT2D eigenvalue weighted by molar-refractivity contribution is 1.60. The molecule has 10 aromatic carbocycles. The molecule has 0 N–H and O–H groups in total. The molecule has 0 nitrogen and oxygen atoms in total. The lowest BCUT2D eigenvalue weighted by Gasteiger charge is -2.23. The first-order valence-electron chi connectivity index (χ1n) is 18.0. The van der Waals surface area contributed by atoms with Crippen molar-refractivity contribution in [3.63, 3.8) is 0 Å². The third-order valence-electron chi connectivity index (χ3n) is 10.7. The minimum absolute atomic E-state index is 1.22. The maximum Gasteiger partial charge on any atom is -0.000807 e. The summed E-state index contributed by atoms with van der Waals surface area (Å²) in [5.41, 5.74) is 12.5. The van der Waals surface area contributed by atoms with Crippen molar-refractivity contribution < 1.29 is 0 Å². The van der Waals surface area contributed by atoms with E-state index >= 15 is 0 Å². The van der Waals surface area contributed by atoms with Gasteiger partial charge >= 0.3 is 0 Å². The first-order valence-corrected chi connectivity index (χ1v) is 18.0. The van der Waals surface area contributed by atoms with Gasteiger partial charge in [0.1, 0.15) is 0 Å². The van der Waals surface area contributed by atoms with Crippen molar-refractivity contribution in [2.24, 2.45) is 0 Å². The Balaban J connectivity index is 1.38. The summed E-state index contributed by atoms with van der Waals surface area (Å²) in [6.07, 6.45) is 0. The summed E-state index contributed by atoms with van der Waals surface area (Å²) >= 11 is 0. The van der Waals surface area contributed by atoms with Gasteiger partial charge in [-0.25, -0.2) is 0 Å². The molecule has 0 aliphatic heterocycles. The summed E-state index contributed by atoms with van der Waals surface area (Å²) in [4.78, 5) is 0. The van der Waals surface area contributed by atoms with E-state index in [2.05, 4.69) is 206 Å². The van der Waals surface area contributed by atoms with Gasteiger partial charge in [-0.15, -0.1) is 0 Å². The molecule has 0 aliphatic carbocycles. The lowest BCUT2D eigenvalue weighted by Crippen LogP contribution is -1.95. The molecule has 0 heteroatoms. The topological polar surface area (TPSA) is 0 Å². The highest BCUT2D eigenvalue weighted by Gasteiger charge is 2.23. The number of rotatable bonds is 5. The smallest absolute Gasteiger partial charge is 0.000807 e. The molecule has 0 radical (unpaired) electrons. The van der Waals surface area contributed by atoms with Crippen LogP contribution >= 0.6 is 0 Å². The van der Waals surface area contributed by atoms with Crippen molar-refractivity contribution >= 4 is 43.1 Å². The van der Waals surface area contributed by atoms with Crippen LogP contribution in [0.4, 0.5) is 0 Å². The monoisotopic (exact) mass is 658 g/mol. The predicted octanol–water partition coefficient (Wildman–Crippen LogP) is 14.6. The predicted molar refractivity (Wildman–Crippen MR) is 224 cm³/mol. The Morgan fingerprint density at radius 2 is 0.615 bits per heavy atom. The Hall–Kier alpha value is -6.76. The third-order valence-corrected chi connectivity index (χ3v) is 10.7. The molecule has 0 fully saturated rings. The third kappa shape index (κ3) is 4.84. The molecule has 242 valence electrons. The van der Waals surface area contributed by atoms with Gasteiger partial charge in [0.25, 0.3) is 0 Å². The zero-order chi connectivity index (χ0) is 34.4. The van der Waals surface area contributed by atoms with Crippen LogP contribution in [0, 0.1) is 0 Å². The summed E-state index contributed by atoms with van der Waals surface area (Å²) in [7, 11) is 0. The van der Waals surface area contributed by atoms with E-state index in [-0.39, 0.29) is 0 Å². The molecule has 0 aromatic heterocycles. The molecular weight excluding hydrogens is 625 g/mol. The van der Waals surface area contributed by atoms with Gasteiger partial charge < -0.3 is 0 Å². The number of hydrogen-bond donors (Lipinski definition) is 0. The van der Waals surface area contributed by atoms with Crippen LogP contribution in [0.3, 0.4) is 0 Å². The fraction of sp³-hybridized carbons (Fsp3) is 0. The standard InChI is InChI=1S/C52H34/c1-3-18-35(19-4-1)39-24-9-11-27-42(39)44-33-17-23-38-34-37-22-7-8-26-41(37)52(49(38)44)51-47-31-15-13-29-45(47)50(46-30-14-16-32-48(46)51)43-28-12-10-25-40(43)36-20-5-2-6-21-36/h1-34H. The van der Waals surface area contributed by atoms with Gasteiger partial charge in [0.2, 0.25) is 0 Å². The Morgan fingerprint density at radius 3 is 1.21 bits per heavy atom. The Morgan fingerprint density at radius 1 is 0.212 bits per heavy atom. The van der Waals surface area contributed by atoms with E-state index in [1.165, 1.54) is 98.7 Å². The first-order chi connectivity index (χ1) is 25.8. The number of benzene rings is 10. The summed E-state index contributed by atoms with van der Waals surface area (Å²) in [5, 5.41) is 10.0. The van der Waals surface area contributed by atoms with Crippen molar-refractivity contribution in [3.05, 3.63) is 206 Å². The van der Waals surface area contributed by atoms with Gasteiger partial charge in [-0.3, -0.25) is 0 Å². The Bertz CT molecular complexity index is 2880. The van der Waals surface area contributed by atoms with E-state index in [9.17, 15) is 0 Å². The van der Waals surface area contributed by atoms with Crippen LogP contribution in [-0.4, -0.2) is 0 Å². The molecule has 0 aliphatic rings. The van der Waals surface area contributed by atoms with Crippen molar-refractivity contribution in [2.75, 3.05) is 0 Å². The van der Waals surface area contributed by atoms with E-state index in [0.29, 0.717) is 0 Å². The molecule has 10 rings (SSSR count). The highest BCUT2D eigenvalue weighted by Crippen LogP contribution is 2.51. The van der Waals surface area contributed by atoms with Gasteiger partial charge in [0.05, 0.1) is 0 Å². The summed E-state index contributed by atoms with van der Waals surface area (Å²) < 4.78 is 0. The Labute approximate surface area is 303 Å². The van der Waals surface area contributed by atoms with Crippen LogP contribution in [0.5, 0.6) is 0 Å². The minimum Gasteiger partial charge on any atom is -0.0622 e. The Kier molecular flexibility index (Phi) is 7.25. The van der Waals surface area contributed by atoms with E-state index in [1.807, 2.05) is 0 Å². The zero-order valence-corrected chi connectivity index (χ0v) is 28.6. The second-order valence-corrected chi connectivity index (χ2v) is 13.5. The van der Waals surface area contributed by atoms with Gasteiger partial charge in [0.15, 0.2) is 0 Å². The highest BCUT2D eigenvalue weighted by atomic mass is 14.3. The van der Waals surface area contributed by atoms with Crippen LogP contribution in [0.2, 0.25) is 0 Å². The highest BCUT2D eigenvalue weighted by molar-refractivity contribution is 6.29. The van der Waals surface area contributed by atoms with Crippen LogP contribution in [0.25, 0.3) is 98.7 Å². The average molecular weight is 659 g/mol. The molecule has 0 saturated carbocycles. The largest absolute Gasteiger partial charge is 0.0622 e. The van der Waals surface area contributed by atoms with Crippen molar-refractivity contribution in [1.82, 2.24) is 0 Å². The van der Waals surface area contributed by atoms with Gasteiger partial charge in [0, 0.05) is 0 Å². The first kappa shape index (κ1) is 30.1.